The van der Waals surface area contributed by atoms with Crippen LogP contribution in [0.1, 0.15) is 51.4 Å². The summed E-state index contributed by atoms with van der Waals surface area (Å²) in [5.41, 5.74) is 0. The monoisotopic (exact) mass is 341 g/mol. The first-order valence-corrected chi connectivity index (χ1v) is 10.8. The van der Waals surface area contributed by atoms with Gasteiger partial charge in [0.1, 0.15) is 0 Å². The lowest BCUT2D eigenvalue weighted by molar-refractivity contribution is 0.190. The second kappa shape index (κ2) is 7.51. The van der Waals surface area contributed by atoms with E-state index < -0.39 is 10.8 Å². The number of nitrogens with one attached hydrogen (secondary N) is 1. The maximum atomic E-state index is 12.5. The number of nitrogens with zero attached hydrogens (tertiary/aromatic N) is 2. The molecular formula is C17H31N3O2S. The van der Waals surface area contributed by atoms with Crippen LogP contribution >= 0.6 is 0 Å². The average molecular weight is 342 g/mol. The van der Waals surface area contributed by atoms with E-state index in [9.17, 15) is 9.00 Å². The summed E-state index contributed by atoms with van der Waals surface area (Å²) in [7, 11) is -0.854. The summed E-state index contributed by atoms with van der Waals surface area (Å²) in [6.07, 6.45) is 10.9. The Bertz CT molecular complexity index is 447. The van der Waals surface area contributed by atoms with Crippen LogP contribution in [0.3, 0.4) is 0 Å². The summed E-state index contributed by atoms with van der Waals surface area (Å²) in [6, 6.07) is 0.709. The zero-order chi connectivity index (χ0) is 16.3. The Balaban J connectivity index is 1.47. The van der Waals surface area contributed by atoms with Crippen LogP contribution in [0.15, 0.2) is 0 Å². The van der Waals surface area contributed by atoms with Gasteiger partial charge in [-0.2, -0.15) is 0 Å². The van der Waals surface area contributed by atoms with E-state index in [1.54, 1.807) is 6.26 Å². The van der Waals surface area contributed by atoms with Crippen molar-refractivity contribution in [2.24, 2.45) is 0 Å². The molecule has 1 aliphatic carbocycles. The van der Waals surface area contributed by atoms with Gasteiger partial charge in [0.25, 0.3) is 0 Å². The van der Waals surface area contributed by atoms with Crippen molar-refractivity contribution in [2.45, 2.75) is 62.2 Å². The fraction of sp³-hybridized carbons (Fsp3) is 0.941. The summed E-state index contributed by atoms with van der Waals surface area (Å²) in [5, 5.41) is 3.07. The van der Waals surface area contributed by atoms with Crippen LogP contribution < -0.4 is 5.32 Å². The molecule has 2 aliphatic heterocycles. The van der Waals surface area contributed by atoms with E-state index in [0.29, 0.717) is 12.6 Å². The maximum Gasteiger partial charge on any atom is 0.317 e. The van der Waals surface area contributed by atoms with Crippen molar-refractivity contribution in [2.75, 3.05) is 39.0 Å². The van der Waals surface area contributed by atoms with E-state index in [4.69, 9.17) is 0 Å². The summed E-state index contributed by atoms with van der Waals surface area (Å²) in [5.74, 6) is 0. The fourth-order valence-corrected chi connectivity index (χ4v) is 5.38. The number of likely N-dealkylation sites (tertiary alicyclic amines) is 2. The lowest BCUT2D eigenvalue weighted by atomic mass is 9.84. The van der Waals surface area contributed by atoms with Crippen molar-refractivity contribution in [3.63, 3.8) is 0 Å². The minimum Gasteiger partial charge on any atom is -0.336 e. The van der Waals surface area contributed by atoms with Gasteiger partial charge in [0.15, 0.2) is 0 Å². The molecule has 3 rings (SSSR count). The number of carbonyl (C=O) groups is 1. The first kappa shape index (κ1) is 17.2. The van der Waals surface area contributed by atoms with Crippen molar-refractivity contribution in [1.29, 1.82) is 0 Å². The SMILES string of the molecule is C[S@@](=O)C1(CNC(=O)N2CCC[C@H](N3CCCC3)CC2)CCC1. The van der Waals surface area contributed by atoms with Gasteiger partial charge in [0, 0.05) is 42.7 Å². The Kier molecular flexibility index (Phi) is 5.62. The number of hydrogen-bond donors (Lipinski definition) is 1. The van der Waals surface area contributed by atoms with Gasteiger partial charge in [-0.05, 0) is 58.0 Å². The highest BCUT2D eigenvalue weighted by Crippen LogP contribution is 2.36. The molecule has 2 atom stereocenters. The van der Waals surface area contributed by atoms with Gasteiger partial charge in [0.2, 0.25) is 0 Å². The predicted octanol–water partition coefficient (Wildman–Crippen LogP) is 1.95. The Labute approximate surface area is 142 Å². The normalized spacial score (nSPS) is 29.6. The number of amides is 2. The van der Waals surface area contributed by atoms with E-state index in [2.05, 4.69) is 10.2 Å². The largest absolute Gasteiger partial charge is 0.336 e. The van der Waals surface area contributed by atoms with Gasteiger partial charge in [-0.15, -0.1) is 0 Å². The third-order valence-electron chi connectivity index (χ3n) is 6.08. The van der Waals surface area contributed by atoms with Crippen molar-refractivity contribution < 1.29 is 9.00 Å². The number of rotatable bonds is 4. The molecule has 2 saturated heterocycles. The van der Waals surface area contributed by atoms with Crippen molar-refractivity contribution >= 4 is 16.8 Å². The molecule has 6 heteroatoms. The molecule has 3 aliphatic rings. The minimum atomic E-state index is -0.854. The molecule has 0 aromatic carbocycles. The van der Waals surface area contributed by atoms with Crippen LogP contribution in [0.4, 0.5) is 4.79 Å². The quantitative estimate of drug-likeness (QED) is 0.850. The smallest absolute Gasteiger partial charge is 0.317 e. The zero-order valence-electron chi connectivity index (χ0n) is 14.4. The molecule has 5 nitrogen and oxygen atoms in total. The highest BCUT2D eigenvalue weighted by Gasteiger charge is 2.41. The standard InChI is InChI=1S/C17H31N3O2S/c1-23(22)17(8-5-9-17)14-18-16(21)20-12-4-6-15(7-13-20)19-10-2-3-11-19/h15H,2-14H2,1H3,(H,18,21)/t15-,23+/m0/s1. The van der Waals surface area contributed by atoms with E-state index in [0.717, 1.165) is 45.2 Å². The molecule has 1 N–H and O–H groups in total. The van der Waals surface area contributed by atoms with Crippen LogP contribution in [-0.4, -0.2) is 69.8 Å². The third-order valence-corrected chi connectivity index (χ3v) is 7.85. The Hall–Kier alpha value is -0.620. The van der Waals surface area contributed by atoms with Crippen LogP contribution in [0.25, 0.3) is 0 Å². The number of urea groups is 1. The molecule has 0 aromatic heterocycles. The summed E-state index contributed by atoms with van der Waals surface area (Å²) in [4.78, 5) is 17.1. The van der Waals surface area contributed by atoms with Gasteiger partial charge in [-0.25, -0.2) is 4.79 Å². The first-order chi connectivity index (χ1) is 11.1. The van der Waals surface area contributed by atoms with Gasteiger partial charge < -0.3 is 15.1 Å². The first-order valence-electron chi connectivity index (χ1n) is 9.21. The van der Waals surface area contributed by atoms with Crippen LogP contribution in [-0.2, 0) is 10.8 Å². The minimum absolute atomic E-state index is 0.0452. The van der Waals surface area contributed by atoms with E-state index in [1.165, 1.54) is 32.4 Å². The van der Waals surface area contributed by atoms with E-state index in [1.807, 2.05) is 4.90 Å². The van der Waals surface area contributed by atoms with Crippen molar-refractivity contribution in [3.8, 4) is 0 Å². The highest BCUT2D eigenvalue weighted by molar-refractivity contribution is 7.85. The summed E-state index contributed by atoms with van der Waals surface area (Å²) in [6.45, 7) is 4.76. The van der Waals surface area contributed by atoms with Gasteiger partial charge in [0.05, 0.1) is 4.75 Å². The van der Waals surface area contributed by atoms with Crippen molar-refractivity contribution in [3.05, 3.63) is 0 Å². The molecule has 23 heavy (non-hydrogen) atoms. The summed E-state index contributed by atoms with van der Waals surface area (Å²) < 4.78 is 11.8. The second-order valence-electron chi connectivity index (χ2n) is 7.46. The van der Waals surface area contributed by atoms with Gasteiger partial charge >= 0.3 is 6.03 Å². The molecule has 0 bridgehead atoms. The molecule has 3 fully saturated rings. The summed E-state index contributed by atoms with van der Waals surface area (Å²) >= 11 is 0. The molecule has 0 radical (unpaired) electrons. The molecular weight excluding hydrogens is 310 g/mol. The van der Waals surface area contributed by atoms with E-state index >= 15 is 0 Å². The molecule has 2 heterocycles. The van der Waals surface area contributed by atoms with Gasteiger partial charge in [-0.1, -0.05) is 6.42 Å². The Morgan fingerprint density at radius 2 is 1.83 bits per heavy atom. The maximum absolute atomic E-state index is 12.5. The van der Waals surface area contributed by atoms with Crippen LogP contribution in [0, 0.1) is 0 Å². The van der Waals surface area contributed by atoms with E-state index in [-0.39, 0.29) is 10.8 Å². The number of carbonyl (C=O) groups excluding carboxylic acids is 1. The van der Waals surface area contributed by atoms with Crippen LogP contribution in [0.2, 0.25) is 0 Å². The molecule has 1 saturated carbocycles. The topological polar surface area (TPSA) is 52.7 Å². The highest BCUT2D eigenvalue weighted by atomic mass is 32.2. The lowest BCUT2D eigenvalue weighted by Gasteiger charge is -2.40. The predicted molar refractivity (Wildman–Crippen MR) is 94.1 cm³/mol. The Morgan fingerprint density at radius 1 is 1.09 bits per heavy atom. The lowest BCUT2D eigenvalue weighted by Crippen LogP contribution is -2.53. The Morgan fingerprint density at radius 3 is 2.43 bits per heavy atom. The van der Waals surface area contributed by atoms with Crippen LogP contribution in [0.5, 0.6) is 0 Å². The van der Waals surface area contributed by atoms with Gasteiger partial charge in [-0.3, -0.25) is 4.21 Å². The molecule has 2 amide bonds. The molecule has 0 aromatic rings. The zero-order valence-corrected chi connectivity index (χ0v) is 15.2. The van der Waals surface area contributed by atoms with Crippen molar-refractivity contribution in [1.82, 2.24) is 15.1 Å². The second-order valence-corrected chi connectivity index (χ2v) is 9.24. The number of hydrogen-bond acceptors (Lipinski definition) is 3. The average Bonchev–Trinajstić information content (AvgIpc) is 2.90. The third kappa shape index (κ3) is 3.90. The molecule has 0 unspecified atom stereocenters. The fourth-order valence-electron chi connectivity index (χ4n) is 4.24. The molecule has 132 valence electrons. The molecule has 0 spiro atoms.